The molecule has 2 aromatic rings. The number of hydrogen-bond acceptors (Lipinski definition) is 3. The molecule has 0 saturated carbocycles. The van der Waals surface area contributed by atoms with Crippen molar-refractivity contribution in [1.29, 1.82) is 0 Å². The Morgan fingerprint density at radius 2 is 1.89 bits per heavy atom. The van der Waals surface area contributed by atoms with Crippen LogP contribution in [0.2, 0.25) is 0 Å². The molecule has 0 radical (unpaired) electrons. The third-order valence-electron chi connectivity index (χ3n) is 2.43. The lowest BCUT2D eigenvalue weighted by atomic mass is 10.2. The van der Waals surface area contributed by atoms with E-state index in [2.05, 4.69) is 10.3 Å². The van der Waals surface area contributed by atoms with Crippen LogP contribution in [0.3, 0.4) is 0 Å². The van der Waals surface area contributed by atoms with Gasteiger partial charge in [-0.2, -0.15) is 13.2 Å². The van der Waals surface area contributed by atoms with E-state index in [1.807, 2.05) is 0 Å². The van der Waals surface area contributed by atoms with Crippen LogP contribution in [0, 0.1) is 6.92 Å². The van der Waals surface area contributed by atoms with E-state index in [9.17, 15) is 18.0 Å². The Morgan fingerprint density at radius 1 is 1.26 bits per heavy atom. The second-order valence-corrected chi connectivity index (χ2v) is 4.85. The van der Waals surface area contributed by atoms with Crippen molar-refractivity contribution in [3.8, 4) is 0 Å². The summed E-state index contributed by atoms with van der Waals surface area (Å²) in [6.07, 6.45) is -4.38. The monoisotopic (exact) mass is 286 g/mol. The van der Waals surface area contributed by atoms with Crippen LogP contribution < -0.4 is 5.32 Å². The van der Waals surface area contributed by atoms with Gasteiger partial charge in [-0.15, -0.1) is 11.3 Å². The zero-order valence-electron chi connectivity index (χ0n) is 9.78. The van der Waals surface area contributed by atoms with Crippen LogP contribution >= 0.6 is 11.3 Å². The molecule has 1 heterocycles. The van der Waals surface area contributed by atoms with E-state index in [1.54, 1.807) is 6.92 Å². The highest BCUT2D eigenvalue weighted by Gasteiger charge is 2.30. The fourth-order valence-electron chi connectivity index (χ4n) is 1.46. The third-order valence-corrected chi connectivity index (χ3v) is 3.19. The summed E-state index contributed by atoms with van der Waals surface area (Å²) in [5.41, 5.74) is 1.36. The number of carbonyl (C=O) groups is 1. The van der Waals surface area contributed by atoms with Crippen molar-refractivity contribution in [2.75, 3.05) is 5.32 Å². The number of alkyl halides is 3. The summed E-state index contributed by atoms with van der Waals surface area (Å²) < 4.78 is 37.1. The summed E-state index contributed by atoms with van der Waals surface area (Å²) in [6.45, 7) is 1.75. The van der Waals surface area contributed by atoms with Gasteiger partial charge in [-0.25, -0.2) is 4.98 Å². The number of hydrogen-bond donors (Lipinski definition) is 1. The highest BCUT2D eigenvalue weighted by atomic mass is 32.1. The minimum absolute atomic E-state index is 0.282. The summed E-state index contributed by atoms with van der Waals surface area (Å²) in [5, 5.41) is 2.50. The molecular formula is C12H9F3N2OS. The van der Waals surface area contributed by atoms with Crippen LogP contribution in [0.5, 0.6) is 0 Å². The van der Waals surface area contributed by atoms with Gasteiger partial charge in [-0.1, -0.05) is 0 Å². The molecule has 1 aromatic heterocycles. The van der Waals surface area contributed by atoms with E-state index in [1.165, 1.54) is 29.0 Å². The molecule has 3 nitrogen and oxygen atoms in total. The van der Waals surface area contributed by atoms with Crippen molar-refractivity contribution < 1.29 is 18.0 Å². The van der Waals surface area contributed by atoms with Crippen LogP contribution in [-0.2, 0) is 6.18 Å². The van der Waals surface area contributed by atoms with Crippen LogP contribution in [0.15, 0.2) is 29.8 Å². The van der Waals surface area contributed by atoms with Crippen molar-refractivity contribution in [2.45, 2.75) is 13.1 Å². The predicted octanol–water partition coefficient (Wildman–Crippen LogP) is 3.72. The van der Waals surface area contributed by atoms with E-state index in [0.717, 1.165) is 17.0 Å². The van der Waals surface area contributed by atoms with E-state index in [4.69, 9.17) is 0 Å². The van der Waals surface area contributed by atoms with Gasteiger partial charge in [0.25, 0.3) is 5.91 Å². The molecule has 1 N–H and O–H groups in total. The average Bonchev–Trinajstić information content (AvgIpc) is 2.75. The molecule has 0 fully saturated rings. The maximum Gasteiger partial charge on any atom is 0.416 e. The SMILES string of the molecule is Cc1scnc1C(=O)Nc1ccc(C(F)(F)F)cc1. The highest BCUT2D eigenvalue weighted by Crippen LogP contribution is 2.29. The lowest BCUT2D eigenvalue weighted by molar-refractivity contribution is -0.137. The number of thiazole rings is 1. The number of carbonyl (C=O) groups excluding carboxylic acids is 1. The number of amides is 1. The fourth-order valence-corrected chi connectivity index (χ4v) is 2.03. The normalized spacial score (nSPS) is 11.4. The Morgan fingerprint density at radius 3 is 2.37 bits per heavy atom. The fraction of sp³-hybridized carbons (Fsp3) is 0.167. The standard InChI is InChI=1S/C12H9F3N2OS/c1-7-10(16-6-19-7)11(18)17-9-4-2-8(3-5-9)12(13,14)15/h2-6H,1H3,(H,17,18). The van der Waals surface area contributed by atoms with Crippen molar-refractivity contribution in [1.82, 2.24) is 4.98 Å². The molecule has 0 aliphatic rings. The van der Waals surface area contributed by atoms with Crippen LogP contribution in [0.4, 0.5) is 18.9 Å². The van der Waals surface area contributed by atoms with Gasteiger partial charge in [-0.05, 0) is 31.2 Å². The van der Waals surface area contributed by atoms with Crippen LogP contribution in [-0.4, -0.2) is 10.9 Å². The first-order valence-electron chi connectivity index (χ1n) is 5.26. The topological polar surface area (TPSA) is 42.0 Å². The minimum Gasteiger partial charge on any atom is -0.321 e. The number of rotatable bonds is 2. The van der Waals surface area contributed by atoms with E-state index in [0.29, 0.717) is 5.69 Å². The molecule has 100 valence electrons. The molecule has 0 atom stereocenters. The molecule has 0 unspecified atom stereocenters. The van der Waals surface area contributed by atoms with Crippen molar-refractivity contribution in [2.24, 2.45) is 0 Å². The first kappa shape index (κ1) is 13.5. The molecule has 7 heteroatoms. The van der Waals surface area contributed by atoms with Gasteiger partial charge >= 0.3 is 6.18 Å². The number of nitrogens with one attached hydrogen (secondary N) is 1. The minimum atomic E-state index is -4.38. The number of nitrogens with zero attached hydrogens (tertiary/aromatic N) is 1. The van der Waals surface area contributed by atoms with Gasteiger partial charge in [-0.3, -0.25) is 4.79 Å². The maximum atomic E-state index is 12.4. The van der Waals surface area contributed by atoms with Gasteiger partial charge in [0.2, 0.25) is 0 Å². The second kappa shape index (κ2) is 5.00. The van der Waals surface area contributed by atoms with Crippen LogP contribution in [0.25, 0.3) is 0 Å². The Bertz CT molecular complexity index is 590. The summed E-state index contributed by atoms with van der Waals surface area (Å²) in [6, 6.07) is 4.26. The highest BCUT2D eigenvalue weighted by molar-refractivity contribution is 7.09. The summed E-state index contributed by atoms with van der Waals surface area (Å²) in [4.78, 5) is 16.4. The first-order chi connectivity index (χ1) is 8.88. The molecule has 1 amide bonds. The smallest absolute Gasteiger partial charge is 0.321 e. The molecular weight excluding hydrogens is 277 g/mol. The number of aryl methyl sites for hydroxylation is 1. The Balaban J connectivity index is 2.12. The maximum absolute atomic E-state index is 12.4. The molecule has 0 spiro atoms. The molecule has 1 aromatic carbocycles. The molecule has 19 heavy (non-hydrogen) atoms. The van der Waals surface area contributed by atoms with Gasteiger partial charge in [0.05, 0.1) is 11.1 Å². The Hall–Kier alpha value is -1.89. The first-order valence-corrected chi connectivity index (χ1v) is 6.14. The molecule has 2 rings (SSSR count). The van der Waals surface area contributed by atoms with E-state index >= 15 is 0 Å². The third kappa shape index (κ3) is 3.11. The van der Waals surface area contributed by atoms with Crippen molar-refractivity contribution >= 4 is 22.9 Å². The number of benzene rings is 1. The summed E-state index contributed by atoms with van der Waals surface area (Å²) in [7, 11) is 0. The second-order valence-electron chi connectivity index (χ2n) is 3.79. The average molecular weight is 286 g/mol. The van der Waals surface area contributed by atoms with Crippen molar-refractivity contribution in [3.05, 3.63) is 45.9 Å². The number of anilines is 1. The zero-order valence-corrected chi connectivity index (χ0v) is 10.6. The molecule has 0 aliphatic carbocycles. The number of aromatic nitrogens is 1. The molecule has 0 saturated heterocycles. The van der Waals surface area contributed by atoms with Crippen LogP contribution in [0.1, 0.15) is 20.9 Å². The predicted molar refractivity (Wildman–Crippen MR) is 66.2 cm³/mol. The quantitative estimate of drug-likeness (QED) is 0.914. The Labute approximate surface area is 111 Å². The van der Waals surface area contributed by atoms with Gasteiger partial charge in [0.1, 0.15) is 5.69 Å². The lowest BCUT2D eigenvalue weighted by Gasteiger charge is -2.08. The van der Waals surface area contributed by atoms with E-state index < -0.39 is 17.6 Å². The van der Waals surface area contributed by atoms with Gasteiger partial charge in [0.15, 0.2) is 0 Å². The summed E-state index contributed by atoms with van der Waals surface area (Å²) >= 11 is 1.33. The van der Waals surface area contributed by atoms with Crippen molar-refractivity contribution in [3.63, 3.8) is 0 Å². The van der Waals surface area contributed by atoms with Gasteiger partial charge in [0, 0.05) is 10.6 Å². The zero-order chi connectivity index (χ0) is 14.0. The largest absolute Gasteiger partial charge is 0.416 e. The molecule has 0 bridgehead atoms. The molecule has 0 aliphatic heterocycles. The lowest BCUT2D eigenvalue weighted by Crippen LogP contribution is -2.13. The Kier molecular flexibility index (Phi) is 3.57. The number of halogens is 3. The summed E-state index contributed by atoms with van der Waals surface area (Å²) in [5.74, 6) is -0.432. The van der Waals surface area contributed by atoms with E-state index in [-0.39, 0.29) is 5.69 Å². The van der Waals surface area contributed by atoms with Gasteiger partial charge < -0.3 is 5.32 Å².